The van der Waals surface area contributed by atoms with Crippen LogP contribution < -0.4 is 10.6 Å². The number of rotatable bonds is 8. The number of aliphatic imine (C=N–C) groups is 1. The molecule has 3 aromatic rings. The van der Waals surface area contributed by atoms with Crippen molar-refractivity contribution >= 4 is 23.3 Å². The molecule has 3 N–H and O–H groups in total. The minimum Gasteiger partial charge on any atom is -0.453 e. The number of nitrogens with zero attached hydrogens (tertiary/aromatic N) is 3. The molecule has 9 nitrogen and oxygen atoms in total. The second kappa shape index (κ2) is 12.6. The van der Waals surface area contributed by atoms with Crippen LogP contribution >= 0.6 is 0 Å². The molecule has 2 aromatic carbocycles. The number of benzene rings is 2. The summed E-state index contributed by atoms with van der Waals surface area (Å²) in [6, 6.07) is 16.8. The number of aromatic nitrogens is 2. The number of carbonyl (C=O) groups is 2. The molecule has 4 heterocycles. The molecule has 1 aromatic heterocycles. The van der Waals surface area contributed by atoms with E-state index >= 15 is 0 Å². The van der Waals surface area contributed by atoms with Gasteiger partial charge in [0.15, 0.2) is 0 Å². The molecule has 0 saturated carbocycles. The molecule has 2 fully saturated rings. The van der Waals surface area contributed by atoms with Crippen LogP contribution in [0.1, 0.15) is 63.4 Å². The van der Waals surface area contributed by atoms with E-state index < -0.39 is 12.1 Å². The highest BCUT2D eigenvalue weighted by atomic mass is 16.5. The van der Waals surface area contributed by atoms with Crippen molar-refractivity contribution in [1.29, 1.82) is 0 Å². The molecule has 0 unspecified atom stereocenters. The maximum Gasteiger partial charge on any atom is 0.407 e. The summed E-state index contributed by atoms with van der Waals surface area (Å²) in [6.45, 7) is 5.55. The molecule has 0 spiro atoms. The van der Waals surface area contributed by atoms with Crippen LogP contribution in [0.2, 0.25) is 0 Å². The summed E-state index contributed by atoms with van der Waals surface area (Å²) in [5.41, 5.74) is 8.02. The van der Waals surface area contributed by atoms with E-state index in [9.17, 15) is 9.59 Å². The van der Waals surface area contributed by atoms with E-state index in [-0.39, 0.29) is 17.9 Å². The van der Waals surface area contributed by atoms with Crippen molar-refractivity contribution in [3.05, 3.63) is 72.3 Å². The lowest BCUT2D eigenvalue weighted by molar-refractivity contribution is -0.135. The van der Waals surface area contributed by atoms with Gasteiger partial charge in [-0.3, -0.25) is 9.79 Å². The van der Waals surface area contributed by atoms with Crippen LogP contribution in [0.15, 0.2) is 65.9 Å². The van der Waals surface area contributed by atoms with Crippen molar-refractivity contribution in [3.8, 4) is 22.4 Å². The normalized spacial score (nSPS) is 20.7. The third-order valence-corrected chi connectivity index (χ3v) is 8.84. The zero-order valence-electron chi connectivity index (χ0n) is 25.1. The van der Waals surface area contributed by atoms with Crippen molar-refractivity contribution in [1.82, 2.24) is 25.5 Å². The number of hydrogen-bond acceptors (Lipinski definition) is 6. The minimum absolute atomic E-state index is 0.0736. The predicted octanol–water partition coefficient (Wildman–Crippen LogP) is 5.73. The topological polar surface area (TPSA) is 112 Å². The van der Waals surface area contributed by atoms with Gasteiger partial charge in [0, 0.05) is 30.9 Å². The van der Waals surface area contributed by atoms with Gasteiger partial charge in [0.25, 0.3) is 0 Å². The first-order chi connectivity index (χ1) is 20.9. The number of hydrogen-bond donors (Lipinski definition) is 3. The first-order valence-electron chi connectivity index (χ1n) is 15.3. The fourth-order valence-corrected chi connectivity index (χ4v) is 6.37. The van der Waals surface area contributed by atoms with Gasteiger partial charge in [-0.05, 0) is 66.0 Å². The summed E-state index contributed by atoms with van der Waals surface area (Å²) in [4.78, 5) is 40.0. The Labute approximate surface area is 252 Å². The highest BCUT2D eigenvalue weighted by molar-refractivity contribution is 6.01. The summed E-state index contributed by atoms with van der Waals surface area (Å²) in [7, 11) is 1.30. The number of ether oxygens (including phenoxy) is 1. The van der Waals surface area contributed by atoms with Gasteiger partial charge >= 0.3 is 6.09 Å². The van der Waals surface area contributed by atoms with E-state index in [1.807, 2.05) is 31.1 Å². The molecule has 3 aliphatic heterocycles. The maximum absolute atomic E-state index is 13.4. The molecular weight excluding hydrogens is 540 g/mol. The summed E-state index contributed by atoms with van der Waals surface area (Å²) >= 11 is 0. The standard InChI is InChI=1S/C34H40N6O3/c1-21(2)31(39-34(42)43-3)33(41)40-17-5-7-30(40)32-37-20-29(38-32)25-14-12-23(13-15-25)22-8-10-24(11-9-22)26-18-28(36-19-26)27-6-4-16-35-27/h8-15,19-21,27,30-31,35H,4-7,16-18H2,1-3H3,(H,37,38)(H,39,42)/t27-,30-,31-/m0/s1. The van der Waals surface area contributed by atoms with Gasteiger partial charge in [-0.15, -0.1) is 0 Å². The second-order valence-corrected chi connectivity index (χ2v) is 12.0. The Morgan fingerprint density at radius 2 is 1.67 bits per heavy atom. The lowest BCUT2D eigenvalue weighted by Gasteiger charge is -2.30. The van der Waals surface area contributed by atoms with Gasteiger partial charge in [0.1, 0.15) is 11.9 Å². The van der Waals surface area contributed by atoms with Gasteiger partial charge in [-0.25, -0.2) is 9.78 Å². The van der Waals surface area contributed by atoms with Gasteiger partial charge < -0.3 is 25.3 Å². The van der Waals surface area contributed by atoms with Crippen LogP contribution in [0.5, 0.6) is 0 Å². The number of H-pyrrole nitrogens is 1. The molecule has 43 heavy (non-hydrogen) atoms. The Morgan fingerprint density at radius 1 is 0.977 bits per heavy atom. The number of methoxy groups -OCH3 is 1. The van der Waals surface area contributed by atoms with Crippen molar-refractivity contribution in [2.75, 3.05) is 20.2 Å². The molecule has 2 amide bonds. The fraction of sp³-hybridized carbons (Fsp3) is 0.412. The summed E-state index contributed by atoms with van der Waals surface area (Å²) in [5, 5.41) is 6.25. The molecule has 0 radical (unpaired) electrons. The maximum atomic E-state index is 13.4. The van der Waals surface area contributed by atoms with E-state index in [1.54, 1.807) is 0 Å². The first-order valence-corrected chi connectivity index (χ1v) is 15.3. The molecular formula is C34H40N6O3. The Kier molecular flexibility index (Phi) is 8.42. The molecule has 2 saturated heterocycles. The number of allylic oxidation sites excluding steroid dienone is 1. The zero-order valence-corrected chi connectivity index (χ0v) is 25.1. The molecule has 3 aliphatic rings. The molecule has 0 bridgehead atoms. The summed E-state index contributed by atoms with van der Waals surface area (Å²) in [5.74, 6) is 0.577. The van der Waals surface area contributed by atoms with Gasteiger partial charge in [-0.1, -0.05) is 62.4 Å². The number of imidazole rings is 1. The van der Waals surface area contributed by atoms with Crippen LogP contribution in [0.3, 0.4) is 0 Å². The highest BCUT2D eigenvalue weighted by Gasteiger charge is 2.37. The zero-order chi connectivity index (χ0) is 29.9. The summed E-state index contributed by atoms with van der Waals surface area (Å²) in [6.07, 6.45) is 8.29. The van der Waals surface area contributed by atoms with E-state index in [4.69, 9.17) is 9.73 Å². The van der Waals surface area contributed by atoms with Crippen LogP contribution in [-0.2, 0) is 9.53 Å². The van der Waals surface area contributed by atoms with Crippen LogP contribution in [0.25, 0.3) is 28.0 Å². The van der Waals surface area contributed by atoms with Gasteiger partial charge in [-0.2, -0.15) is 0 Å². The largest absolute Gasteiger partial charge is 0.453 e. The van der Waals surface area contributed by atoms with Crippen molar-refractivity contribution in [2.45, 2.75) is 64.1 Å². The SMILES string of the molecule is COC(=O)N[C@H](C(=O)N1CCC[C@H]1c1ncc(-c2ccc(-c3ccc(C4=CN=C([C@@H]5CCCN5)C4)cc3)cc2)[nH]1)C(C)C. The van der Waals surface area contributed by atoms with E-state index in [0.29, 0.717) is 12.6 Å². The molecule has 3 atom stereocenters. The number of carbonyl (C=O) groups excluding carboxylic acids is 2. The lowest BCUT2D eigenvalue weighted by Crippen LogP contribution is -2.51. The number of alkyl carbamates (subject to hydrolysis) is 1. The smallest absolute Gasteiger partial charge is 0.407 e. The van der Waals surface area contributed by atoms with Crippen LogP contribution in [0, 0.1) is 5.92 Å². The van der Waals surface area contributed by atoms with Crippen molar-refractivity contribution in [2.24, 2.45) is 10.9 Å². The number of amides is 2. The molecule has 9 heteroatoms. The van der Waals surface area contributed by atoms with Crippen molar-refractivity contribution < 1.29 is 14.3 Å². The lowest BCUT2D eigenvalue weighted by atomic mass is 9.96. The molecule has 0 aliphatic carbocycles. The minimum atomic E-state index is -0.654. The van der Waals surface area contributed by atoms with Gasteiger partial charge in [0.2, 0.25) is 5.91 Å². The third-order valence-electron chi connectivity index (χ3n) is 8.84. The average Bonchev–Trinajstić information content (AvgIpc) is 3.86. The Bertz CT molecular complexity index is 1520. The number of likely N-dealkylation sites (tertiary alicyclic amines) is 1. The van der Waals surface area contributed by atoms with Crippen molar-refractivity contribution in [3.63, 3.8) is 0 Å². The van der Waals surface area contributed by atoms with Crippen LogP contribution in [0.4, 0.5) is 4.79 Å². The van der Waals surface area contributed by atoms with E-state index in [0.717, 1.165) is 54.0 Å². The quantitative estimate of drug-likeness (QED) is 0.315. The Hall–Kier alpha value is -4.24. The van der Waals surface area contributed by atoms with Crippen LogP contribution in [-0.4, -0.2) is 64.9 Å². The van der Waals surface area contributed by atoms with E-state index in [2.05, 4.69) is 69.1 Å². The summed E-state index contributed by atoms with van der Waals surface area (Å²) < 4.78 is 4.74. The average molecular weight is 581 g/mol. The van der Waals surface area contributed by atoms with E-state index in [1.165, 1.54) is 36.8 Å². The third kappa shape index (κ3) is 6.13. The second-order valence-electron chi connectivity index (χ2n) is 12.0. The predicted molar refractivity (Wildman–Crippen MR) is 168 cm³/mol. The number of aromatic amines is 1. The number of nitrogens with one attached hydrogen (secondary N) is 3. The molecule has 224 valence electrons. The monoisotopic (exact) mass is 580 g/mol. The fourth-order valence-electron chi connectivity index (χ4n) is 6.37. The highest BCUT2D eigenvalue weighted by Crippen LogP contribution is 2.34. The Balaban J connectivity index is 1.11. The first kappa shape index (κ1) is 28.9. The van der Waals surface area contributed by atoms with Gasteiger partial charge in [0.05, 0.1) is 25.0 Å². The molecule has 6 rings (SSSR count). The Morgan fingerprint density at radius 3 is 2.33 bits per heavy atom.